The summed E-state index contributed by atoms with van der Waals surface area (Å²) in [4.78, 5) is 13.6. The van der Waals surface area contributed by atoms with Gasteiger partial charge in [-0.25, -0.2) is 0 Å². The summed E-state index contributed by atoms with van der Waals surface area (Å²) in [5.74, 6) is 0.981. The van der Waals surface area contributed by atoms with Crippen molar-refractivity contribution in [2.24, 2.45) is 11.8 Å². The number of ketones is 1. The van der Waals surface area contributed by atoms with E-state index in [0.29, 0.717) is 12.8 Å². The topological polar surface area (TPSA) is 63.2 Å². The van der Waals surface area contributed by atoms with Gasteiger partial charge in [-0.15, -0.1) is 0 Å². The van der Waals surface area contributed by atoms with Crippen molar-refractivity contribution in [1.82, 2.24) is 0 Å². The average Bonchev–Trinajstić information content (AvgIpc) is 3.25. The summed E-state index contributed by atoms with van der Waals surface area (Å²) in [6.07, 6.45) is 15.6. The third kappa shape index (κ3) is 10.3. The molecule has 3 aliphatic rings. The zero-order valence-corrected chi connectivity index (χ0v) is 28.8. The van der Waals surface area contributed by atoms with Crippen LogP contribution in [0.3, 0.4) is 0 Å². The lowest BCUT2D eigenvalue weighted by Gasteiger charge is -2.36. The van der Waals surface area contributed by atoms with Crippen LogP contribution < -0.4 is 4.43 Å². The summed E-state index contributed by atoms with van der Waals surface area (Å²) in [5, 5.41) is 0.116. The highest BCUT2D eigenvalue weighted by atomic mass is 28.4. The zero-order chi connectivity index (χ0) is 30.9. The smallest absolute Gasteiger partial charge is 0.250 e. The Morgan fingerprint density at radius 1 is 1.02 bits per heavy atom. The van der Waals surface area contributed by atoms with Gasteiger partial charge in [-0.3, -0.25) is 4.79 Å². The Labute approximate surface area is 262 Å². The quantitative estimate of drug-likeness (QED) is 0.119. The number of rotatable bonds is 14. The van der Waals surface area contributed by atoms with E-state index in [4.69, 9.17) is 23.4 Å². The standard InChI is InChI=1S/C36H58O6Si/c1-7-8-9-16-28(40-34-18-10-12-22-38-34)20-21-30-31(32(37)26-33(30)41-35-19-11-13-23-39-35)25-27-15-14-17-29(24-27)42-43(5,6)36(2,3)4/h14-15,17,20-21,24,28,30-31,33-35H,7-13,16,18-19,22-23,25-26H2,1-6H3/b21-20-/t28-,30+,31+,33+,34+,35+/m0/s1. The van der Waals surface area contributed by atoms with Crippen LogP contribution in [0.5, 0.6) is 5.75 Å². The van der Waals surface area contributed by atoms with Crippen molar-refractivity contribution in [1.29, 1.82) is 0 Å². The Morgan fingerprint density at radius 2 is 1.74 bits per heavy atom. The van der Waals surface area contributed by atoms with Crippen molar-refractivity contribution in [3.63, 3.8) is 0 Å². The lowest BCUT2D eigenvalue weighted by molar-refractivity contribution is -0.192. The second-order valence-corrected chi connectivity index (χ2v) is 19.1. The average molecular weight is 615 g/mol. The molecule has 1 aromatic rings. The fourth-order valence-electron chi connectivity index (χ4n) is 6.13. The first-order valence-electron chi connectivity index (χ1n) is 17.1. The molecule has 6 atom stereocenters. The van der Waals surface area contributed by atoms with Crippen LogP contribution in [0, 0.1) is 11.8 Å². The van der Waals surface area contributed by atoms with Gasteiger partial charge in [-0.2, -0.15) is 0 Å². The molecule has 0 aromatic heterocycles. The maximum absolute atomic E-state index is 13.6. The highest BCUT2D eigenvalue weighted by molar-refractivity contribution is 6.74. The first-order valence-corrected chi connectivity index (χ1v) is 20.0. The molecule has 0 bridgehead atoms. The van der Waals surface area contributed by atoms with Gasteiger partial charge in [0.2, 0.25) is 8.32 Å². The van der Waals surface area contributed by atoms with Gasteiger partial charge in [0.25, 0.3) is 0 Å². The first kappa shape index (κ1) is 34.4. The van der Waals surface area contributed by atoms with Crippen LogP contribution in [-0.2, 0) is 30.2 Å². The SMILES string of the molecule is CCCCC[C@@H](/C=C\[C@H]1[C@H](O[C@@H]2CCCCO2)CC(=O)[C@@H]1Cc1cccc(O[Si](C)(C)C(C)(C)C)c1)O[C@@H]1CCCCO1. The Morgan fingerprint density at radius 3 is 2.40 bits per heavy atom. The predicted octanol–water partition coefficient (Wildman–Crippen LogP) is 8.78. The van der Waals surface area contributed by atoms with E-state index >= 15 is 0 Å². The summed E-state index contributed by atoms with van der Waals surface area (Å²) in [6.45, 7) is 15.0. The molecular formula is C36H58O6Si. The molecule has 3 fully saturated rings. The van der Waals surface area contributed by atoms with E-state index in [2.05, 4.69) is 77.2 Å². The summed E-state index contributed by atoms with van der Waals surface area (Å²) in [7, 11) is -1.97. The van der Waals surface area contributed by atoms with Crippen molar-refractivity contribution in [2.45, 2.75) is 148 Å². The van der Waals surface area contributed by atoms with E-state index in [-0.39, 0.29) is 47.4 Å². The number of hydrogen-bond donors (Lipinski definition) is 0. The highest BCUT2D eigenvalue weighted by Gasteiger charge is 2.43. The molecule has 1 aliphatic carbocycles. The molecule has 7 heteroatoms. The second-order valence-electron chi connectivity index (χ2n) is 14.4. The number of carbonyl (C=O) groups excluding carboxylic acids is 1. The molecule has 0 radical (unpaired) electrons. The highest BCUT2D eigenvalue weighted by Crippen LogP contribution is 2.39. The van der Waals surface area contributed by atoms with Crippen molar-refractivity contribution in [3.05, 3.63) is 42.0 Å². The first-order chi connectivity index (χ1) is 20.6. The van der Waals surface area contributed by atoms with Crippen LogP contribution >= 0.6 is 0 Å². The molecule has 4 rings (SSSR count). The fourth-order valence-corrected chi connectivity index (χ4v) is 7.15. The molecule has 0 unspecified atom stereocenters. The number of carbonyl (C=O) groups is 1. The van der Waals surface area contributed by atoms with Gasteiger partial charge >= 0.3 is 0 Å². The van der Waals surface area contributed by atoms with Crippen LogP contribution in [0.1, 0.15) is 104 Å². The maximum atomic E-state index is 13.6. The minimum atomic E-state index is -1.97. The summed E-state index contributed by atoms with van der Waals surface area (Å²) in [5.41, 5.74) is 1.13. The Hall–Kier alpha value is -1.51. The van der Waals surface area contributed by atoms with Crippen LogP contribution in [0.25, 0.3) is 0 Å². The molecule has 0 N–H and O–H groups in total. The molecule has 1 saturated carbocycles. The molecule has 0 spiro atoms. The molecule has 1 aromatic carbocycles. The van der Waals surface area contributed by atoms with E-state index < -0.39 is 8.32 Å². The number of hydrogen-bond acceptors (Lipinski definition) is 6. The molecule has 43 heavy (non-hydrogen) atoms. The monoisotopic (exact) mass is 614 g/mol. The second kappa shape index (κ2) is 16.2. The Balaban J connectivity index is 1.53. The largest absolute Gasteiger partial charge is 0.543 e. The minimum Gasteiger partial charge on any atom is -0.543 e. The van der Waals surface area contributed by atoms with Crippen molar-refractivity contribution in [3.8, 4) is 5.75 Å². The van der Waals surface area contributed by atoms with Crippen molar-refractivity contribution < 1.29 is 28.2 Å². The molecule has 242 valence electrons. The van der Waals surface area contributed by atoms with Gasteiger partial charge < -0.3 is 23.4 Å². The third-order valence-corrected chi connectivity index (χ3v) is 14.2. The van der Waals surface area contributed by atoms with Gasteiger partial charge in [-0.1, -0.05) is 71.2 Å². The van der Waals surface area contributed by atoms with Gasteiger partial charge in [0.1, 0.15) is 11.5 Å². The van der Waals surface area contributed by atoms with E-state index in [1.807, 2.05) is 0 Å². The molecule has 2 heterocycles. The lowest BCUT2D eigenvalue weighted by atomic mass is 9.87. The van der Waals surface area contributed by atoms with Crippen LogP contribution in [0.15, 0.2) is 36.4 Å². The third-order valence-electron chi connectivity index (χ3n) is 9.81. The molecule has 0 amide bonds. The summed E-state index contributed by atoms with van der Waals surface area (Å²) < 4.78 is 31.5. The Bertz CT molecular complexity index is 1020. The molecule has 2 aliphatic heterocycles. The van der Waals surface area contributed by atoms with Gasteiger partial charge in [0.05, 0.1) is 12.2 Å². The maximum Gasteiger partial charge on any atom is 0.250 e. The van der Waals surface area contributed by atoms with Crippen LogP contribution in [0.2, 0.25) is 18.1 Å². The van der Waals surface area contributed by atoms with E-state index in [9.17, 15) is 4.79 Å². The fraction of sp³-hybridized carbons (Fsp3) is 0.750. The molecule has 2 saturated heterocycles. The predicted molar refractivity (Wildman–Crippen MR) is 175 cm³/mol. The van der Waals surface area contributed by atoms with Crippen LogP contribution in [-0.4, -0.2) is 52.1 Å². The van der Waals surface area contributed by atoms with Gasteiger partial charge in [-0.05, 0) is 87.2 Å². The van der Waals surface area contributed by atoms with Gasteiger partial charge in [0.15, 0.2) is 12.6 Å². The zero-order valence-electron chi connectivity index (χ0n) is 27.8. The molecule has 6 nitrogen and oxygen atoms in total. The van der Waals surface area contributed by atoms with Crippen molar-refractivity contribution >= 4 is 14.1 Å². The van der Waals surface area contributed by atoms with Gasteiger partial charge in [0, 0.05) is 31.5 Å². The normalized spacial score (nSPS) is 28.0. The number of unbranched alkanes of at least 4 members (excludes halogenated alkanes) is 2. The van der Waals surface area contributed by atoms with E-state index in [1.165, 1.54) is 12.8 Å². The van der Waals surface area contributed by atoms with Crippen molar-refractivity contribution in [2.75, 3.05) is 13.2 Å². The van der Waals surface area contributed by atoms with Crippen LogP contribution in [0.4, 0.5) is 0 Å². The number of ether oxygens (including phenoxy) is 4. The number of benzene rings is 1. The molecular weight excluding hydrogens is 556 g/mol. The Kier molecular flexibility index (Phi) is 12.9. The minimum absolute atomic E-state index is 0.0288. The summed E-state index contributed by atoms with van der Waals surface area (Å²) in [6, 6.07) is 8.38. The van der Waals surface area contributed by atoms with E-state index in [0.717, 1.165) is 75.9 Å². The lowest BCUT2D eigenvalue weighted by Crippen LogP contribution is -2.43. The number of Topliss-reactive ketones (excluding diaryl/α,β-unsaturated/α-hetero) is 1. The van der Waals surface area contributed by atoms with E-state index in [1.54, 1.807) is 0 Å². The summed E-state index contributed by atoms with van der Waals surface area (Å²) >= 11 is 0.